The predicted molar refractivity (Wildman–Crippen MR) is 116 cm³/mol. The SMILES string of the molecule is COc1ccccc1OCc1ccc(C(=O)OCC(=O)N2CCCC2c2ccc(F)cc2)o1. The van der Waals surface area contributed by atoms with Gasteiger partial charge in [0.2, 0.25) is 5.76 Å². The number of hydrogen-bond donors (Lipinski definition) is 0. The van der Waals surface area contributed by atoms with Gasteiger partial charge in [-0.3, -0.25) is 4.79 Å². The first-order chi connectivity index (χ1) is 16.0. The number of nitrogens with zero attached hydrogens (tertiary/aromatic N) is 1. The van der Waals surface area contributed by atoms with Crippen LogP contribution < -0.4 is 9.47 Å². The molecular formula is C25H24FNO6. The lowest BCUT2D eigenvalue weighted by Gasteiger charge is -2.24. The molecule has 0 aliphatic carbocycles. The number of benzene rings is 2. The smallest absolute Gasteiger partial charge is 0.374 e. The van der Waals surface area contributed by atoms with Crippen LogP contribution in [0.3, 0.4) is 0 Å². The summed E-state index contributed by atoms with van der Waals surface area (Å²) >= 11 is 0. The van der Waals surface area contributed by atoms with E-state index in [1.807, 2.05) is 12.1 Å². The van der Waals surface area contributed by atoms with Gasteiger partial charge in [-0.05, 0) is 54.8 Å². The van der Waals surface area contributed by atoms with Crippen molar-refractivity contribution in [2.75, 3.05) is 20.3 Å². The Bertz CT molecular complexity index is 1110. The molecule has 8 heteroatoms. The van der Waals surface area contributed by atoms with Crippen LogP contribution in [-0.4, -0.2) is 37.0 Å². The third-order valence-corrected chi connectivity index (χ3v) is 5.46. The summed E-state index contributed by atoms with van der Waals surface area (Å²) in [6.07, 6.45) is 1.61. The summed E-state index contributed by atoms with van der Waals surface area (Å²) in [6.45, 7) is 0.258. The van der Waals surface area contributed by atoms with Crippen LogP contribution in [0.1, 0.15) is 40.8 Å². The van der Waals surface area contributed by atoms with Crippen LogP contribution >= 0.6 is 0 Å². The highest BCUT2D eigenvalue weighted by atomic mass is 19.1. The summed E-state index contributed by atoms with van der Waals surface area (Å²) in [7, 11) is 1.55. The Morgan fingerprint density at radius 3 is 2.58 bits per heavy atom. The number of halogens is 1. The summed E-state index contributed by atoms with van der Waals surface area (Å²) in [5, 5.41) is 0. The standard InChI is InChI=1S/C25H24FNO6/c1-30-21-6-2-3-7-22(21)31-15-19-12-13-23(33-19)25(29)32-16-24(28)27-14-4-5-20(27)17-8-10-18(26)11-9-17/h2-3,6-13,20H,4-5,14-16H2,1H3. The molecule has 0 radical (unpaired) electrons. The number of carbonyl (C=O) groups is 2. The van der Waals surface area contributed by atoms with Crippen molar-refractivity contribution in [2.45, 2.75) is 25.5 Å². The summed E-state index contributed by atoms with van der Waals surface area (Å²) in [4.78, 5) is 26.7. The number of esters is 1. The molecule has 33 heavy (non-hydrogen) atoms. The maximum absolute atomic E-state index is 13.2. The summed E-state index contributed by atoms with van der Waals surface area (Å²) in [6, 6.07) is 16.2. The Morgan fingerprint density at radius 2 is 1.82 bits per heavy atom. The lowest BCUT2D eigenvalue weighted by molar-refractivity contribution is -0.135. The lowest BCUT2D eigenvalue weighted by Crippen LogP contribution is -2.34. The molecule has 7 nitrogen and oxygen atoms in total. The number of carbonyl (C=O) groups excluding carboxylic acids is 2. The van der Waals surface area contributed by atoms with Gasteiger partial charge in [-0.15, -0.1) is 0 Å². The molecule has 1 fully saturated rings. The fourth-order valence-corrected chi connectivity index (χ4v) is 3.83. The monoisotopic (exact) mass is 453 g/mol. The number of ether oxygens (including phenoxy) is 3. The van der Waals surface area contributed by atoms with E-state index in [0.29, 0.717) is 23.8 Å². The number of furan rings is 1. The number of amides is 1. The van der Waals surface area contributed by atoms with Gasteiger partial charge in [0.1, 0.15) is 18.2 Å². The maximum Gasteiger partial charge on any atom is 0.374 e. The normalized spacial score (nSPS) is 15.3. The van der Waals surface area contributed by atoms with Crippen molar-refractivity contribution in [3.63, 3.8) is 0 Å². The number of para-hydroxylation sites is 2. The quantitative estimate of drug-likeness (QED) is 0.467. The van der Waals surface area contributed by atoms with Crippen molar-refractivity contribution in [1.82, 2.24) is 4.90 Å². The van der Waals surface area contributed by atoms with Crippen LogP contribution in [0.4, 0.5) is 4.39 Å². The van der Waals surface area contributed by atoms with Gasteiger partial charge in [0, 0.05) is 6.54 Å². The number of methoxy groups -OCH3 is 1. The molecule has 3 aromatic rings. The Morgan fingerprint density at radius 1 is 1.06 bits per heavy atom. The van der Waals surface area contributed by atoms with Crippen LogP contribution in [0.2, 0.25) is 0 Å². The van der Waals surface area contributed by atoms with E-state index in [2.05, 4.69) is 0 Å². The predicted octanol–water partition coefficient (Wildman–Crippen LogP) is 4.53. The largest absolute Gasteiger partial charge is 0.493 e. The second-order valence-corrected chi connectivity index (χ2v) is 7.58. The zero-order chi connectivity index (χ0) is 23.2. The first kappa shape index (κ1) is 22.4. The van der Waals surface area contributed by atoms with Crippen LogP contribution in [0.25, 0.3) is 0 Å². The van der Waals surface area contributed by atoms with Crippen molar-refractivity contribution < 1.29 is 32.6 Å². The topological polar surface area (TPSA) is 78.2 Å². The second kappa shape index (κ2) is 10.2. The van der Waals surface area contributed by atoms with Gasteiger partial charge in [-0.1, -0.05) is 24.3 Å². The van der Waals surface area contributed by atoms with Crippen LogP contribution in [-0.2, 0) is 16.1 Å². The maximum atomic E-state index is 13.2. The molecular weight excluding hydrogens is 429 g/mol. The molecule has 2 aromatic carbocycles. The average Bonchev–Trinajstić information content (AvgIpc) is 3.52. The Kier molecular flexibility index (Phi) is 6.92. The Balaban J connectivity index is 1.30. The average molecular weight is 453 g/mol. The minimum atomic E-state index is -0.732. The molecule has 0 bridgehead atoms. The van der Waals surface area contributed by atoms with Crippen molar-refractivity contribution in [1.29, 1.82) is 0 Å². The zero-order valence-corrected chi connectivity index (χ0v) is 18.2. The first-order valence-electron chi connectivity index (χ1n) is 10.6. The molecule has 4 rings (SSSR count). The molecule has 172 valence electrons. The van der Waals surface area contributed by atoms with E-state index in [1.165, 1.54) is 18.2 Å². The molecule has 1 aromatic heterocycles. The van der Waals surface area contributed by atoms with Crippen molar-refractivity contribution >= 4 is 11.9 Å². The van der Waals surface area contributed by atoms with Crippen molar-refractivity contribution in [2.24, 2.45) is 0 Å². The molecule has 1 aliphatic heterocycles. The van der Waals surface area contributed by atoms with E-state index in [9.17, 15) is 14.0 Å². The van der Waals surface area contributed by atoms with E-state index in [-0.39, 0.29) is 30.1 Å². The minimum absolute atomic E-state index is 0.0158. The van der Waals surface area contributed by atoms with E-state index in [1.54, 1.807) is 42.3 Å². The van der Waals surface area contributed by atoms with Crippen LogP contribution in [0.5, 0.6) is 11.5 Å². The van der Waals surface area contributed by atoms with E-state index >= 15 is 0 Å². The highest BCUT2D eigenvalue weighted by molar-refractivity contribution is 5.89. The number of rotatable bonds is 8. The molecule has 1 aliphatic rings. The number of hydrogen-bond acceptors (Lipinski definition) is 6. The molecule has 1 saturated heterocycles. The summed E-state index contributed by atoms with van der Waals surface area (Å²) in [5.74, 6) is 0.184. The van der Waals surface area contributed by atoms with Crippen molar-refractivity contribution in [3.05, 3.63) is 83.6 Å². The van der Waals surface area contributed by atoms with Gasteiger partial charge in [0.15, 0.2) is 18.1 Å². The van der Waals surface area contributed by atoms with Gasteiger partial charge >= 0.3 is 5.97 Å². The summed E-state index contributed by atoms with van der Waals surface area (Å²) in [5.41, 5.74) is 0.860. The molecule has 0 spiro atoms. The van der Waals surface area contributed by atoms with Gasteiger partial charge in [-0.25, -0.2) is 9.18 Å². The van der Waals surface area contributed by atoms with Gasteiger partial charge in [0.25, 0.3) is 5.91 Å². The lowest BCUT2D eigenvalue weighted by atomic mass is 10.0. The third-order valence-electron chi connectivity index (χ3n) is 5.46. The molecule has 0 N–H and O–H groups in total. The van der Waals surface area contributed by atoms with E-state index < -0.39 is 12.6 Å². The molecule has 1 atom stereocenters. The van der Waals surface area contributed by atoms with Crippen LogP contribution in [0, 0.1) is 5.82 Å². The molecule has 2 heterocycles. The number of likely N-dealkylation sites (tertiary alicyclic amines) is 1. The molecule has 1 unspecified atom stereocenters. The van der Waals surface area contributed by atoms with Gasteiger partial charge < -0.3 is 23.5 Å². The van der Waals surface area contributed by atoms with Crippen molar-refractivity contribution in [3.8, 4) is 11.5 Å². The zero-order valence-electron chi connectivity index (χ0n) is 18.2. The highest BCUT2D eigenvalue weighted by Gasteiger charge is 2.30. The summed E-state index contributed by atoms with van der Waals surface area (Å²) < 4.78 is 34.8. The van der Waals surface area contributed by atoms with Crippen LogP contribution in [0.15, 0.2) is 65.1 Å². The highest BCUT2D eigenvalue weighted by Crippen LogP contribution is 2.32. The minimum Gasteiger partial charge on any atom is -0.493 e. The third kappa shape index (κ3) is 5.34. The Labute approximate surface area is 190 Å². The van der Waals surface area contributed by atoms with Gasteiger partial charge in [0.05, 0.1) is 13.2 Å². The second-order valence-electron chi connectivity index (χ2n) is 7.58. The first-order valence-corrected chi connectivity index (χ1v) is 10.6. The Hall–Kier alpha value is -3.81. The van der Waals surface area contributed by atoms with Gasteiger partial charge in [-0.2, -0.15) is 0 Å². The fourth-order valence-electron chi connectivity index (χ4n) is 3.83. The molecule has 1 amide bonds. The van der Waals surface area contributed by atoms with E-state index in [0.717, 1.165) is 18.4 Å². The molecule has 0 saturated carbocycles. The fraction of sp³-hybridized carbons (Fsp3) is 0.280. The van der Waals surface area contributed by atoms with E-state index in [4.69, 9.17) is 18.6 Å².